The van der Waals surface area contributed by atoms with Gasteiger partial charge in [0.1, 0.15) is 0 Å². The van der Waals surface area contributed by atoms with Gasteiger partial charge in [0.25, 0.3) is 0 Å². The van der Waals surface area contributed by atoms with Crippen LogP contribution in [0.4, 0.5) is 0 Å². The van der Waals surface area contributed by atoms with E-state index in [1.165, 1.54) is 0 Å². The molecular formula is C14H25N3O2. The van der Waals surface area contributed by atoms with Crippen molar-refractivity contribution >= 4 is 0 Å². The van der Waals surface area contributed by atoms with E-state index >= 15 is 0 Å². The third-order valence-corrected chi connectivity index (χ3v) is 4.26. The molecule has 5 heteroatoms. The molecule has 1 aliphatic rings. The van der Waals surface area contributed by atoms with Gasteiger partial charge in [0.15, 0.2) is 0 Å². The molecule has 2 rings (SSSR count). The third-order valence-electron chi connectivity index (χ3n) is 4.26. The molecule has 1 aromatic heterocycles. The van der Waals surface area contributed by atoms with E-state index in [4.69, 9.17) is 4.74 Å². The standard InChI is InChI=1S/C14H25N3O2/c1-5-19-13-6-12(14(13,2)3)16-11(9-18)10-7-15-17(4)8-10/h7-8,11-13,16,18H,5-6,9H2,1-4H3/t11-,12+,13+/m0/s1. The maximum absolute atomic E-state index is 9.57. The Bertz CT molecular complexity index is 417. The van der Waals surface area contributed by atoms with Crippen molar-refractivity contribution in [1.29, 1.82) is 0 Å². The van der Waals surface area contributed by atoms with Crippen molar-refractivity contribution < 1.29 is 9.84 Å². The highest BCUT2D eigenvalue weighted by Crippen LogP contribution is 2.43. The van der Waals surface area contributed by atoms with E-state index in [9.17, 15) is 5.11 Å². The Morgan fingerprint density at radius 2 is 2.37 bits per heavy atom. The Morgan fingerprint density at radius 1 is 1.63 bits per heavy atom. The van der Waals surface area contributed by atoms with E-state index in [2.05, 4.69) is 24.3 Å². The highest BCUT2D eigenvalue weighted by Gasteiger charge is 2.49. The molecule has 19 heavy (non-hydrogen) atoms. The monoisotopic (exact) mass is 267 g/mol. The molecule has 0 unspecified atom stereocenters. The highest BCUT2D eigenvalue weighted by atomic mass is 16.5. The number of ether oxygens (including phenoxy) is 1. The maximum Gasteiger partial charge on any atom is 0.0655 e. The van der Waals surface area contributed by atoms with Gasteiger partial charge in [-0.1, -0.05) is 13.8 Å². The number of aliphatic hydroxyl groups excluding tert-OH is 1. The van der Waals surface area contributed by atoms with Crippen molar-refractivity contribution in [2.75, 3.05) is 13.2 Å². The van der Waals surface area contributed by atoms with Crippen LogP contribution in [0.25, 0.3) is 0 Å². The predicted octanol–water partition coefficient (Wildman–Crippen LogP) is 1.25. The lowest BCUT2D eigenvalue weighted by atomic mass is 9.64. The van der Waals surface area contributed by atoms with E-state index in [0.29, 0.717) is 12.1 Å². The van der Waals surface area contributed by atoms with Crippen molar-refractivity contribution in [3.05, 3.63) is 18.0 Å². The summed E-state index contributed by atoms with van der Waals surface area (Å²) in [5.74, 6) is 0. The smallest absolute Gasteiger partial charge is 0.0655 e. The number of aryl methyl sites for hydroxylation is 1. The first-order chi connectivity index (χ1) is 8.98. The van der Waals surface area contributed by atoms with Gasteiger partial charge in [0.2, 0.25) is 0 Å². The lowest BCUT2D eigenvalue weighted by Crippen LogP contribution is -2.61. The quantitative estimate of drug-likeness (QED) is 0.814. The number of nitrogens with zero attached hydrogens (tertiary/aromatic N) is 2. The van der Waals surface area contributed by atoms with Crippen LogP contribution in [0.1, 0.15) is 38.8 Å². The second-order valence-electron chi connectivity index (χ2n) is 5.90. The van der Waals surface area contributed by atoms with Crippen LogP contribution in [-0.2, 0) is 11.8 Å². The third kappa shape index (κ3) is 2.83. The lowest BCUT2D eigenvalue weighted by Gasteiger charge is -2.52. The minimum Gasteiger partial charge on any atom is -0.394 e. The van der Waals surface area contributed by atoms with Crippen LogP contribution >= 0.6 is 0 Å². The van der Waals surface area contributed by atoms with E-state index in [1.54, 1.807) is 10.9 Å². The molecule has 0 radical (unpaired) electrons. The minimum atomic E-state index is -0.0550. The summed E-state index contributed by atoms with van der Waals surface area (Å²) in [6.45, 7) is 7.30. The summed E-state index contributed by atoms with van der Waals surface area (Å²) in [4.78, 5) is 0. The average molecular weight is 267 g/mol. The Morgan fingerprint density at radius 3 is 2.84 bits per heavy atom. The van der Waals surface area contributed by atoms with Gasteiger partial charge in [-0.3, -0.25) is 4.68 Å². The number of nitrogens with one attached hydrogen (secondary N) is 1. The molecule has 0 aromatic carbocycles. The first kappa shape index (κ1) is 14.5. The summed E-state index contributed by atoms with van der Waals surface area (Å²) >= 11 is 0. The molecule has 5 nitrogen and oxygen atoms in total. The van der Waals surface area contributed by atoms with Crippen LogP contribution in [0.2, 0.25) is 0 Å². The lowest BCUT2D eigenvalue weighted by molar-refractivity contribution is -0.117. The minimum absolute atomic E-state index is 0.0550. The molecule has 1 fully saturated rings. The molecular weight excluding hydrogens is 242 g/mol. The molecule has 0 bridgehead atoms. The van der Waals surface area contributed by atoms with Crippen LogP contribution in [0.3, 0.4) is 0 Å². The van der Waals surface area contributed by atoms with Gasteiger partial charge in [-0.15, -0.1) is 0 Å². The molecule has 0 aliphatic heterocycles. The number of hydrogen-bond donors (Lipinski definition) is 2. The molecule has 0 spiro atoms. The van der Waals surface area contributed by atoms with Crippen LogP contribution in [0.15, 0.2) is 12.4 Å². The first-order valence-electron chi connectivity index (χ1n) is 6.96. The molecule has 0 saturated heterocycles. The zero-order chi connectivity index (χ0) is 14.0. The summed E-state index contributed by atoms with van der Waals surface area (Å²) in [5.41, 5.74) is 1.13. The fraction of sp³-hybridized carbons (Fsp3) is 0.786. The summed E-state index contributed by atoms with van der Waals surface area (Å²) in [6.07, 6.45) is 5.06. The van der Waals surface area contributed by atoms with Crippen molar-refractivity contribution in [1.82, 2.24) is 15.1 Å². The summed E-state index contributed by atoms with van der Waals surface area (Å²) in [5, 5.41) is 17.3. The molecule has 3 atom stereocenters. The van der Waals surface area contributed by atoms with Crippen molar-refractivity contribution in [2.24, 2.45) is 12.5 Å². The Kier molecular flexibility index (Phi) is 4.28. The molecule has 108 valence electrons. The largest absolute Gasteiger partial charge is 0.394 e. The highest BCUT2D eigenvalue weighted by molar-refractivity contribution is 5.13. The number of aromatic nitrogens is 2. The topological polar surface area (TPSA) is 59.3 Å². The molecule has 1 aromatic rings. The Hall–Kier alpha value is -0.910. The van der Waals surface area contributed by atoms with Crippen molar-refractivity contribution in [3.63, 3.8) is 0 Å². The summed E-state index contributed by atoms with van der Waals surface area (Å²) in [7, 11) is 1.89. The molecule has 0 amide bonds. The SMILES string of the molecule is CCO[C@@H]1C[C@@H](N[C@@H](CO)c2cnn(C)c2)C1(C)C. The maximum atomic E-state index is 9.57. The molecule has 1 saturated carbocycles. The Balaban J connectivity index is 1.97. The number of rotatable bonds is 6. The Labute approximate surface area is 115 Å². The van der Waals surface area contributed by atoms with E-state index in [0.717, 1.165) is 18.6 Å². The van der Waals surface area contributed by atoms with Gasteiger partial charge in [0, 0.05) is 36.9 Å². The second-order valence-corrected chi connectivity index (χ2v) is 5.90. The van der Waals surface area contributed by atoms with Crippen LogP contribution in [0.5, 0.6) is 0 Å². The summed E-state index contributed by atoms with van der Waals surface area (Å²) < 4.78 is 7.49. The van der Waals surface area contributed by atoms with Gasteiger partial charge in [-0.25, -0.2) is 0 Å². The van der Waals surface area contributed by atoms with Crippen LogP contribution in [-0.4, -0.2) is 40.2 Å². The van der Waals surface area contributed by atoms with Gasteiger partial charge in [-0.05, 0) is 13.3 Å². The average Bonchev–Trinajstić information content (AvgIpc) is 2.79. The molecule has 1 heterocycles. The fourth-order valence-corrected chi connectivity index (χ4v) is 2.77. The van der Waals surface area contributed by atoms with Gasteiger partial charge in [0.05, 0.1) is 24.9 Å². The zero-order valence-electron chi connectivity index (χ0n) is 12.3. The van der Waals surface area contributed by atoms with Crippen LogP contribution in [0, 0.1) is 5.41 Å². The van der Waals surface area contributed by atoms with E-state index in [-0.39, 0.29) is 18.1 Å². The van der Waals surface area contributed by atoms with Crippen LogP contribution < -0.4 is 5.32 Å². The number of aliphatic hydroxyl groups is 1. The van der Waals surface area contributed by atoms with Gasteiger partial charge >= 0.3 is 0 Å². The molecule has 2 N–H and O–H groups in total. The normalized spacial score (nSPS) is 27.0. The van der Waals surface area contributed by atoms with Crippen molar-refractivity contribution in [3.8, 4) is 0 Å². The first-order valence-corrected chi connectivity index (χ1v) is 6.96. The second kappa shape index (κ2) is 5.61. The fourth-order valence-electron chi connectivity index (χ4n) is 2.77. The zero-order valence-corrected chi connectivity index (χ0v) is 12.3. The summed E-state index contributed by atoms with van der Waals surface area (Å²) in [6, 6.07) is 0.307. The van der Waals surface area contributed by atoms with E-state index < -0.39 is 0 Å². The molecule has 1 aliphatic carbocycles. The van der Waals surface area contributed by atoms with Gasteiger partial charge < -0.3 is 15.2 Å². The van der Waals surface area contributed by atoms with Crippen molar-refractivity contribution in [2.45, 2.75) is 45.4 Å². The van der Waals surface area contributed by atoms with Gasteiger partial charge in [-0.2, -0.15) is 5.10 Å². The van der Waals surface area contributed by atoms with E-state index in [1.807, 2.05) is 20.2 Å². The number of hydrogen-bond acceptors (Lipinski definition) is 4. The predicted molar refractivity (Wildman–Crippen MR) is 73.8 cm³/mol.